The predicted molar refractivity (Wildman–Crippen MR) is 67.7 cm³/mol. The summed E-state index contributed by atoms with van der Waals surface area (Å²) in [7, 11) is 0. The lowest BCUT2D eigenvalue weighted by atomic mass is 9.92. The van der Waals surface area contributed by atoms with E-state index in [1.54, 1.807) is 0 Å². The first kappa shape index (κ1) is 14.1. The number of hydrogen-bond acceptors (Lipinski definition) is 4. The number of amides is 4. The lowest BCUT2D eigenvalue weighted by molar-refractivity contribution is 0.00540. The quantitative estimate of drug-likeness (QED) is 0.666. The zero-order valence-electron chi connectivity index (χ0n) is 10.9. The number of hydrogen-bond donors (Lipinski definition) is 3. The Morgan fingerprint density at radius 3 is 2.89 bits per heavy atom. The molecule has 2 heterocycles. The SMILES string of the molecule is O=C(NCC[C@@H](O)C1CCOCC1)N1CCNC1=O. The Hall–Kier alpha value is -1.34. The van der Waals surface area contributed by atoms with Gasteiger partial charge in [0, 0.05) is 32.8 Å². The molecule has 0 aromatic heterocycles. The molecule has 2 rings (SSSR count). The highest BCUT2D eigenvalue weighted by atomic mass is 16.5. The minimum absolute atomic E-state index is 0.251. The molecular weight excluding hydrogens is 250 g/mol. The van der Waals surface area contributed by atoms with Crippen LogP contribution >= 0.6 is 0 Å². The predicted octanol–water partition coefficient (Wildman–Crippen LogP) is -0.101. The fraction of sp³-hybridized carbons (Fsp3) is 0.833. The summed E-state index contributed by atoms with van der Waals surface area (Å²) in [5, 5.41) is 15.2. The van der Waals surface area contributed by atoms with Crippen LogP contribution in [0.5, 0.6) is 0 Å². The van der Waals surface area contributed by atoms with Gasteiger partial charge in [0.05, 0.1) is 6.10 Å². The molecule has 19 heavy (non-hydrogen) atoms. The van der Waals surface area contributed by atoms with Crippen LogP contribution in [0.15, 0.2) is 0 Å². The van der Waals surface area contributed by atoms with Crippen molar-refractivity contribution >= 4 is 12.1 Å². The molecule has 0 aromatic rings. The number of aliphatic hydroxyl groups excluding tert-OH is 1. The van der Waals surface area contributed by atoms with Crippen LogP contribution in [-0.2, 0) is 4.74 Å². The average molecular weight is 271 g/mol. The summed E-state index contributed by atoms with van der Waals surface area (Å²) in [5.41, 5.74) is 0. The average Bonchev–Trinajstić information content (AvgIpc) is 2.86. The molecule has 7 nitrogen and oxygen atoms in total. The van der Waals surface area contributed by atoms with Crippen LogP contribution < -0.4 is 10.6 Å². The summed E-state index contributed by atoms with van der Waals surface area (Å²) in [6, 6.07) is -0.753. The number of nitrogens with one attached hydrogen (secondary N) is 2. The third kappa shape index (κ3) is 3.81. The Morgan fingerprint density at radius 2 is 2.26 bits per heavy atom. The van der Waals surface area contributed by atoms with Gasteiger partial charge in [-0.3, -0.25) is 0 Å². The number of ether oxygens (including phenoxy) is 1. The number of imide groups is 1. The summed E-state index contributed by atoms with van der Waals surface area (Å²) in [4.78, 5) is 24.1. The Kier molecular flexibility index (Phi) is 4.98. The van der Waals surface area contributed by atoms with Gasteiger partial charge in [0.2, 0.25) is 0 Å². The molecule has 7 heteroatoms. The van der Waals surface area contributed by atoms with Gasteiger partial charge in [0.15, 0.2) is 0 Å². The second-order valence-corrected chi connectivity index (χ2v) is 4.92. The van der Waals surface area contributed by atoms with Crippen LogP contribution in [-0.4, -0.2) is 61.0 Å². The fourth-order valence-corrected chi connectivity index (χ4v) is 2.42. The van der Waals surface area contributed by atoms with Gasteiger partial charge in [-0.1, -0.05) is 0 Å². The molecule has 4 amide bonds. The molecule has 0 bridgehead atoms. The molecule has 1 atom stereocenters. The molecule has 3 N–H and O–H groups in total. The maximum atomic E-state index is 11.7. The molecule has 2 aliphatic heterocycles. The first-order valence-corrected chi connectivity index (χ1v) is 6.77. The van der Waals surface area contributed by atoms with E-state index in [9.17, 15) is 14.7 Å². The topological polar surface area (TPSA) is 90.9 Å². The van der Waals surface area contributed by atoms with Crippen molar-refractivity contribution in [2.24, 2.45) is 5.92 Å². The van der Waals surface area contributed by atoms with Gasteiger partial charge in [-0.25, -0.2) is 14.5 Å². The van der Waals surface area contributed by atoms with Gasteiger partial charge in [0.25, 0.3) is 0 Å². The standard InChI is InChI=1S/C12H21N3O4/c16-10(9-2-7-19-8-3-9)1-4-13-11(17)15-6-5-14-12(15)18/h9-10,16H,1-8H2,(H,13,17)(H,14,18)/t10-/m1/s1. The molecule has 0 unspecified atom stereocenters. The third-order valence-corrected chi connectivity index (χ3v) is 3.63. The zero-order chi connectivity index (χ0) is 13.7. The van der Waals surface area contributed by atoms with Crippen LogP contribution in [0, 0.1) is 5.92 Å². The third-order valence-electron chi connectivity index (χ3n) is 3.63. The second kappa shape index (κ2) is 6.72. The van der Waals surface area contributed by atoms with Crippen molar-refractivity contribution in [3.63, 3.8) is 0 Å². The highest BCUT2D eigenvalue weighted by Gasteiger charge is 2.26. The van der Waals surface area contributed by atoms with Gasteiger partial charge in [-0.2, -0.15) is 0 Å². The maximum Gasteiger partial charge on any atom is 0.325 e. The van der Waals surface area contributed by atoms with Crippen molar-refractivity contribution in [3.05, 3.63) is 0 Å². The van der Waals surface area contributed by atoms with E-state index in [0.717, 1.165) is 17.7 Å². The lowest BCUT2D eigenvalue weighted by Crippen LogP contribution is -2.43. The van der Waals surface area contributed by atoms with Crippen molar-refractivity contribution in [2.45, 2.75) is 25.4 Å². The highest BCUT2D eigenvalue weighted by molar-refractivity contribution is 5.94. The number of rotatable bonds is 4. The summed E-state index contributed by atoms with van der Waals surface area (Å²) in [6.07, 6.45) is 1.82. The van der Waals surface area contributed by atoms with Crippen molar-refractivity contribution in [3.8, 4) is 0 Å². The Bertz CT molecular complexity index is 331. The molecule has 0 spiro atoms. The van der Waals surface area contributed by atoms with Crippen LogP contribution in [0.2, 0.25) is 0 Å². The van der Waals surface area contributed by atoms with Crippen molar-refractivity contribution in [1.29, 1.82) is 0 Å². The van der Waals surface area contributed by atoms with E-state index in [4.69, 9.17) is 4.74 Å². The van der Waals surface area contributed by atoms with Crippen LogP contribution in [0.25, 0.3) is 0 Å². The van der Waals surface area contributed by atoms with E-state index in [0.29, 0.717) is 39.3 Å². The van der Waals surface area contributed by atoms with Gasteiger partial charge < -0.3 is 20.5 Å². The molecule has 0 aliphatic carbocycles. The van der Waals surface area contributed by atoms with Gasteiger partial charge in [0.1, 0.15) is 0 Å². The minimum Gasteiger partial charge on any atom is -0.393 e. The summed E-state index contributed by atoms with van der Waals surface area (Å²) < 4.78 is 5.24. The number of urea groups is 2. The smallest absolute Gasteiger partial charge is 0.325 e. The number of nitrogens with zero attached hydrogens (tertiary/aromatic N) is 1. The van der Waals surface area contributed by atoms with E-state index in [-0.39, 0.29) is 11.9 Å². The number of carbonyl (C=O) groups excluding carboxylic acids is 2. The first-order valence-electron chi connectivity index (χ1n) is 6.77. The Labute approximate surface area is 112 Å². The fourth-order valence-electron chi connectivity index (χ4n) is 2.42. The largest absolute Gasteiger partial charge is 0.393 e. The minimum atomic E-state index is -0.420. The van der Waals surface area contributed by atoms with Crippen LogP contribution in [0.4, 0.5) is 9.59 Å². The molecule has 2 saturated heterocycles. The van der Waals surface area contributed by atoms with E-state index in [2.05, 4.69) is 10.6 Å². The van der Waals surface area contributed by atoms with E-state index < -0.39 is 12.1 Å². The van der Waals surface area contributed by atoms with Gasteiger partial charge >= 0.3 is 12.1 Å². The monoisotopic (exact) mass is 271 g/mol. The zero-order valence-corrected chi connectivity index (χ0v) is 10.9. The van der Waals surface area contributed by atoms with Crippen LogP contribution in [0.3, 0.4) is 0 Å². The molecule has 2 aliphatic rings. The first-order chi connectivity index (χ1) is 9.18. The number of aliphatic hydroxyl groups is 1. The Balaban J connectivity index is 1.65. The van der Waals surface area contributed by atoms with E-state index >= 15 is 0 Å². The maximum absolute atomic E-state index is 11.7. The molecule has 0 aromatic carbocycles. The van der Waals surface area contributed by atoms with Crippen molar-refractivity contribution < 1.29 is 19.4 Å². The molecule has 2 fully saturated rings. The van der Waals surface area contributed by atoms with Gasteiger partial charge in [-0.05, 0) is 25.2 Å². The normalized spacial score (nSPS) is 22.2. The summed E-state index contributed by atoms with van der Waals surface area (Å²) >= 11 is 0. The van der Waals surface area contributed by atoms with Crippen LogP contribution in [0.1, 0.15) is 19.3 Å². The second-order valence-electron chi connectivity index (χ2n) is 4.92. The van der Waals surface area contributed by atoms with E-state index in [1.165, 1.54) is 0 Å². The summed E-state index contributed by atoms with van der Waals surface area (Å²) in [6.45, 7) is 2.66. The highest BCUT2D eigenvalue weighted by Crippen LogP contribution is 2.20. The molecule has 108 valence electrons. The number of carbonyl (C=O) groups is 2. The summed E-state index contributed by atoms with van der Waals surface area (Å²) in [5.74, 6) is 0.251. The van der Waals surface area contributed by atoms with Crippen molar-refractivity contribution in [1.82, 2.24) is 15.5 Å². The van der Waals surface area contributed by atoms with E-state index in [1.807, 2.05) is 0 Å². The Morgan fingerprint density at radius 1 is 1.53 bits per heavy atom. The molecular formula is C12H21N3O4. The molecule has 0 saturated carbocycles. The lowest BCUT2D eigenvalue weighted by Gasteiger charge is -2.26. The van der Waals surface area contributed by atoms with Crippen molar-refractivity contribution in [2.75, 3.05) is 32.8 Å². The van der Waals surface area contributed by atoms with Gasteiger partial charge in [-0.15, -0.1) is 0 Å². The molecule has 0 radical (unpaired) electrons.